The van der Waals surface area contributed by atoms with E-state index in [1.807, 2.05) is 62.3 Å². The van der Waals surface area contributed by atoms with Crippen LogP contribution < -0.4 is 0 Å². The largest absolute Gasteiger partial charge is 0.474 e. The van der Waals surface area contributed by atoms with Gasteiger partial charge in [-0.05, 0) is 16.2 Å². The quantitative estimate of drug-likeness (QED) is 0.626. The molecule has 0 radical (unpaired) electrons. The summed E-state index contributed by atoms with van der Waals surface area (Å²) < 4.78 is 29.2. The topological polar surface area (TPSA) is 44.8 Å². The van der Waals surface area contributed by atoms with E-state index in [0.717, 1.165) is 0 Å². The minimum atomic E-state index is -3.51. The Hall–Kier alpha value is 0.110. The van der Waals surface area contributed by atoms with Crippen LogP contribution in [0.3, 0.4) is 0 Å². The van der Waals surface area contributed by atoms with Gasteiger partial charge in [0.1, 0.15) is 0 Å². The SMILES string of the molecule is CC(C)(C)COP(=O)(OCC(C)(C)C)OCC(C)(C)C. The number of phosphoric acid groups is 1. The molecule has 0 saturated heterocycles. The highest BCUT2D eigenvalue weighted by Gasteiger charge is 2.32. The smallest absolute Gasteiger partial charge is 0.286 e. The van der Waals surface area contributed by atoms with Crippen LogP contribution in [-0.4, -0.2) is 19.8 Å². The summed E-state index contributed by atoms with van der Waals surface area (Å²) in [5.41, 5.74) is -0.274. The first-order chi connectivity index (χ1) is 8.62. The van der Waals surface area contributed by atoms with Gasteiger partial charge < -0.3 is 0 Å². The molecule has 0 aliphatic heterocycles. The van der Waals surface area contributed by atoms with Crippen molar-refractivity contribution in [2.45, 2.75) is 62.3 Å². The fourth-order valence-corrected chi connectivity index (χ4v) is 2.79. The van der Waals surface area contributed by atoms with E-state index in [2.05, 4.69) is 0 Å². The van der Waals surface area contributed by atoms with E-state index in [9.17, 15) is 4.57 Å². The summed E-state index contributed by atoms with van der Waals surface area (Å²) in [5, 5.41) is 0. The van der Waals surface area contributed by atoms with Crippen molar-refractivity contribution in [1.29, 1.82) is 0 Å². The van der Waals surface area contributed by atoms with E-state index in [1.165, 1.54) is 0 Å². The summed E-state index contributed by atoms with van der Waals surface area (Å²) in [6, 6.07) is 0. The van der Waals surface area contributed by atoms with Crippen LogP contribution >= 0.6 is 7.82 Å². The van der Waals surface area contributed by atoms with Gasteiger partial charge in [-0.25, -0.2) is 4.57 Å². The zero-order valence-corrected chi connectivity index (χ0v) is 15.6. The van der Waals surface area contributed by atoms with E-state index in [1.54, 1.807) is 0 Å². The Labute approximate surface area is 125 Å². The molecule has 0 spiro atoms. The lowest BCUT2D eigenvalue weighted by Crippen LogP contribution is -2.21. The molecule has 0 bridgehead atoms. The minimum absolute atomic E-state index is 0.0914. The van der Waals surface area contributed by atoms with Gasteiger partial charge in [-0.1, -0.05) is 62.3 Å². The molecule has 0 rings (SSSR count). The lowest BCUT2D eigenvalue weighted by molar-refractivity contribution is 0.0504. The number of phosphoric ester groups is 1. The van der Waals surface area contributed by atoms with Crippen molar-refractivity contribution in [1.82, 2.24) is 0 Å². The maximum atomic E-state index is 12.7. The molecule has 122 valence electrons. The van der Waals surface area contributed by atoms with Gasteiger partial charge in [-0.15, -0.1) is 0 Å². The first-order valence-corrected chi connectivity index (χ1v) is 8.62. The average molecular weight is 308 g/mol. The van der Waals surface area contributed by atoms with E-state index in [4.69, 9.17) is 13.6 Å². The van der Waals surface area contributed by atoms with Crippen LogP contribution in [0.4, 0.5) is 0 Å². The van der Waals surface area contributed by atoms with Crippen LogP contribution in [-0.2, 0) is 18.1 Å². The van der Waals surface area contributed by atoms with Crippen molar-refractivity contribution in [3.63, 3.8) is 0 Å². The van der Waals surface area contributed by atoms with Gasteiger partial charge in [0.15, 0.2) is 0 Å². The van der Waals surface area contributed by atoms with Gasteiger partial charge in [0, 0.05) is 0 Å². The molecule has 0 unspecified atom stereocenters. The van der Waals surface area contributed by atoms with Crippen LogP contribution in [0, 0.1) is 16.2 Å². The predicted octanol–water partition coefficient (Wildman–Crippen LogP) is 5.28. The Kier molecular flexibility index (Phi) is 6.95. The molecule has 0 saturated carbocycles. The van der Waals surface area contributed by atoms with E-state index in [0.29, 0.717) is 19.8 Å². The van der Waals surface area contributed by atoms with Crippen molar-refractivity contribution < 1.29 is 18.1 Å². The Balaban J connectivity index is 4.71. The normalized spacial score (nSPS) is 14.7. The van der Waals surface area contributed by atoms with E-state index >= 15 is 0 Å². The second-order valence-corrected chi connectivity index (χ2v) is 10.6. The number of hydrogen-bond acceptors (Lipinski definition) is 4. The van der Waals surface area contributed by atoms with Crippen LogP contribution in [0.25, 0.3) is 0 Å². The molecular weight excluding hydrogens is 275 g/mol. The van der Waals surface area contributed by atoms with Gasteiger partial charge >= 0.3 is 7.82 Å². The minimum Gasteiger partial charge on any atom is -0.286 e. The summed E-state index contributed by atoms with van der Waals surface area (Å²) in [7, 11) is -3.51. The Morgan fingerprint density at radius 2 is 0.800 bits per heavy atom. The van der Waals surface area contributed by atoms with Gasteiger partial charge in [0.05, 0.1) is 19.8 Å². The summed E-state index contributed by atoms with van der Waals surface area (Å²) in [5.74, 6) is 0. The Morgan fingerprint density at radius 1 is 0.600 bits per heavy atom. The Morgan fingerprint density at radius 3 is 0.950 bits per heavy atom. The molecule has 0 fully saturated rings. The van der Waals surface area contributed by atoms with Crippen LogP contribution in [0.1, 0.15) is 62.3 Å². The summed E-state index contributed by atoms with van der Waals surface area (Å²) in [4.78, 5) is 0. The highest BCUT2D eigenvalue weighted by Crippen LogP contribution is 2.52. The van der Waals surface area contributed by atoms with Gasteiger partial charge in [0.2, 0.25) is 0 Å². The van der Waals surface area contributed by atoms with E-state index < -0.39 is 7.82 Å². The van der Waals surface area contributed by atoms with Crippen LogP contribution in [0.15, 0.2) is 0 Å². The summed E-state index contributed by atoms with van der Waals surface area (Å²) in [6.45, 7) is 19.2. The molecule has 4 nitrogen and oxygen atoms in total. The maximum absolute atomic E-state index is 12.7. The fraction of sp³-hybridized carbons (Fsp3) is 1.00. The lowest BCUT2D eigenvalue weighted by atomic mass is 9.99. The number of hydrogen-bond donors (Lipinski definition) is 0. The zero-order chi connectivity index (χ0) is 16.2. The molecule has 0 aromatic carbocycles. The molecule has 0 heterocycles. The third-order valence-electron chi connectivity index (χ3n) is 1.97. The third kappa shape index (κ3) is 11.9. The fourth-order valence-electron chi connectivity index (χ4n) is 0.930. The second-order valence-electron chi connectivity index (χ2n) is 8.95. The summed E-state index contributed by atoms with van der Waals surface area (Å²) in [6.07, 6.45) is 0. The van der Waals surface area contributed by atoms with E-state index in [-0.39, 0.29) is 16.2 Å². The molecule has 0 atom stereocenters. The lowest BCUT2D eigenvalue weighted by Gasteiger charge is -2.28. The molecule has 0 aliphatic rings. The molecule has 20 heavy (non-hydrogen) atoms. The molecular formula is C15H33O4P. The monoisotopic (exact) mass is 308 g/mol. The first-order valence-electron chi connectivity index (χ1n) is 7.16. The molecule has 0 amide bonds. The standard InChI is InChI=1S/C15H33O4P/c1-13(2,3)10-17-20(16,18-11-14(4,5)6)19-12-15(7,8)9/h10-12H2,1-9H3. The molecule has 0 aliphatic carbocycles. The Bertz CT molecular complexity index is 279. The van der Waals surface area contributed by atoms with Crippen molar-refractivity contribution in [2.75, 3.05) is 19.8 Å². The van der Waals surface area contributed by atoms with Gasteiger partial charge in [0.25, 0.3) is 0 Å². The van der Waals surface area contributed by atoms with Gasteiger partial charge in [-0.3, -0.25) is 13.6 Å². The first kappa shape index (κ1) is 20.1. The third-order valence-corrected chi connectivity index (χ3v) is 3.30. The van der Waals surface area contributed by atoms with Crippen molar-refractivity contribution in [2.24, 2.45) is 16.2 Å². The second kappa shape index (κ2) is 6.91. The maximum Gasteiger partial charge on any atom is 0.474 e. The molecule has 0 N–H and O–H groups in total. The van der Waals surface area contributed by atoms with Crippen LogP contribution in [0.5, 0.6) is 0 Å². The summed E-state index contributed by atoms with van der Waals surface area (Å²) >= 11 is 0. The molecule has 5 heteroatoms. The number of rotatable bonds is 6. The molecule has 0 aromatic rings. The van der Waals surface area contributed by atoms with Crippen molar-refractivity contribution >= 4 is 7.82 Å². The highest BCUT2D eigenvalue weighted by molar-refractivity contribution is 7.48. The van der Waals surface area contributed by atoms with Crippen molar-refractivity contribution in [3.05, 3.63) is 0 Å². The highest BCUT2D eigenvalue weighted by atomic mass is 31.2. The van der Waals surface area contributed by atoms with Crippen molar-refractivity contribution in [3.8, 4) is 0 Å². The average Bonchev–Trinajstić information content (AvgIpc) is 2.18. The predicted molar refractivity (Wildman–Crippen MR) is 83.8 cm³/mol. The van der Waals surface area contributed by atoms with Gasteiger partial charge in [-0.2, -0.15) is 0 Å². The van der Waals surface area contributed by atoms with Crippen LogP contribution in [0.2, 0.25) is 0 Å². The zero-order valence-electron chi connectivity index (χ0n) is 14.7. The molecule has 0 aromatic heterocycles.